The number of nitrogens with one attached hydrogen (secondary N) is 1. The largest absolute Gasteiger partial charge is 0.312 e. The van der Waals surface area contributed by atoms with Gasteiger partial charge in [0.05, 0.1) is 0 Å². The molecule has 3 rings (SSSR count). The molecule has 2 nitrogen and oxygen atoms in total. The molecule has 0 saturated carbocycles. The molecule has 1 saturated heterocycles. The van der Waals surface area contributed by atoms with Crippen LogP contribution in [0.5, 0.6) is 0 Å². The molecule has 1 unspecified atom stereocenters. The summed E-state index contributed by atoms with van der Waals surface area (Å²) >= 11 is 0. The molecule has 1 heterocycles. The summed E-state index contributed by atoms with van der Waals surface area (Å²) in [6, 6.07) is 17.8. The van der Waals surface area contributed by atoms with E-state index < -0.39 is 0 Å². The molecule has 1 atom stereocenters. The van der Waals surface area contributed by atoms with Crippen molar-refractivity contribution in [2.75, 3.05) is 19.6 Å². The molecule has 0 spiro atoms. The van der Waals surface area contributed by atoms with Crippen LogP contribution in [0.1, 0.15) is 70.2 Å². The Kier molecular flexibility index (Phi) is 7.21. The molecule has 1 N–H and O–H groups in total. The summed E-state index contributed by atoms with van der Waals surface area (Å²) in [7, 11) is 0. The van der Waals surface area contributed by atoms with Crippen LogP contribution in [0, 0.1) is 5.92 Å². The van der Waals surface area contributed by atoms with E-state index in [4.69, 9.17) is 0 Å². The molecule has 30 heavy (non-hydrogen) atoms. The van der Waals surface area contributed by atoms with E-state index in [1.807, 2.05) is 0 Å². The van der Waals surface area contributed by atoms with Crippen molar-refractivity contribution in [3.8, 4) is 0 Å². The highest BCUT2D eigenvalue weighted by Gasteiger charge is 2.29. The maximum atomic E-state index is 3.69. The minimum atomic E-state index is 0.201. The first-order valence-corrected chi connectivity index (χ1v) is 11.4. The van der Waals surface area contributed by atoms with Crippen LogP contribution in [0.25, 0.3) is 12.2 Å². The van der Waals surface area contributed by atoms with Crippen molar-refractivity contribution in [3.63, 3.8) is 0 Å². The zero-order valence-corrected chi connectivity index (χ0v) is 19.8. The number of hydrogen-bond donors (Lipinski definition) is 1. The van der Waals surface area contributed by atoms with Gasteiger partial charge in [-0.2, -0.15) is 0 Å². The van der Waals surface area contributed by atoms with Gasteiger partial charge in [-0.05, 0) is 73.9 Å². The average Bonchev–Trinajstić information content (AvgIpc) is 3.16. The van der Waals surface area contributed by atoms with Gasteiger partial charge >= 0.3 is 0 Å². The second-order valence-corrected chi connectivity index (χ2v) is 10.9. The van der Waals surface area contributed by atoms with Crippen LogP contribution in [0.4, 0.5) is 0 Å². The van der Waals surface area contributed by atoms with E-state index in [0.717, 1.165) is 19.0 Å². The third-order valence-corrected chi connectivity index (χ3v) is 6.19. The summed E-state index contributed by atoms with van der Waals surface area (Å²) in [6.45, 7) is 18.2. The Morgan fingerprint density at radius 3 is 2.27 bits per heavy atom. The fourth-order valence-electron chi connectivity index (χ4n) is 4.12. The van der Waals surface area contributed by atoms with Crippen LogP contribution < -0.4 is 5.32 Å². The number of likely N-dealkylation sites (tertiary alicyclic amines) is 1. The van der Waals surface area contributed by atoms with Gasteiger partial charge in [0, 0.05) is 18.6 Å². The van der Waals surface area contributed by atoms with Crippen molar-refractivity contribution in [2.45, 2.75) is 65.5 Å². The molecule has 1 fully saturated rings. The van der Waals surface area contributed by atoms with Gasteiger partial charge in [0.15, 0.2) is 0 Å². The molecule has 1 aliphatic heterocycles. The third-order valence-electron chi connectivity index (χ3n) is 6.19. The standard InChI is InChI=1S/C28H40N2/c1-27(2,3)26-14-12-22(13-15-26)10-11-23-8-7-9-24(18-23)19-29-20-25-16-17-30(21-25)28(4,5)6/h7-15,18,25,29H,16-17,19-21H2,1-6H3/b11-10-. The minimum Gasteiger partial charge on any atom is -0.312 e. The summed E-state index contributed by atoms with van der Waals surface area (Å²) in [4.78, 5) is 2.61. The normalized spacial score (nSPS) is 18.4. The van der Waals surface area contributed by atoms with E-state index in [0.29, 0.717) is 5.54 Å². The van der Waals surface area contributed by atoms with E-state index in [-0.39, 0.29) is 5.41 Å². The van der Waals surface area contributed by atoms with Crippen LogP contribution in [-0.4, -0.2) is 30.1 Å². The van der Waals surface area contributed by atoms with Crippen LogP contribution in [-0.2, 0) is 12.0 Å². The van der Waals surface area contributed by atoms with Gasteiger partial charge in [-0.25, -0.2) is 0 Å². The highest BCUT2D eigenvalue weighted by Crippen LogP contribution is 2.24. The molecule has 0 aromatic heterocycles. The Morgan fingerprint density at radius 1 is 0.933 bits per heavy atom. The van der Waals surface area contributed by atoms with Gasteiger partial charge in [0.1, 0.15) is 0 Å². The molecular formula is C28H40N2. The second kappa shape index (κ2) is 9.49. The lowest BCUT2D eigenvalue weighted by Gasteiger charge is -2.31. The van der Waals surface area contributed by atoms with E-state index in [2.05, 4.69) is 112 Å². The zero-order valence-electron chi connectivity index (χ0n) is 19.8. The fraction of sp³-hybridized carbons (Fsp3) is 0.500. The van der Waals surface area contributed by atoms with Crippen molar-refractivity contribution in [1.82, 2.24) is 10.2 Å². The number of hydrogen-bond acceptors (Lipinski definition) is 2. The highest BCUT2D eigenvalue weighted by molar-refractivity contribution is 5.70. The monoisotopic (exact) mass is 404 g/mol. The predicted molar refractivity (Wildman–Crippen MR) is 132 cm³/mol. The van der Waals surface area contributed by atoms with E-state index in [1.54, 1.807) is 0 Å². The molecule has 0 amide bonds. The van der Waals surface area contributed by atoms with E-state index in [9.17, 15) is 0 Å². The maximum absolute atomic E-state index is 3.69. The number of nitrogens with zero attached hydrogens (tertiary/aromatic N) is 1. The van der Waals surface area contributed by atoms with Gasteiger partial charge < -0.3 is 5.32 Å². The summed E-state index contributed by atoms with van der Waals surface area (Å²) in [5.41, 5.74) is 5.73. The highest BCUT2D eigenvalue weighted by atomic mass is 15.2. The summed E-state index contributed by atoms with van der Waals surface area (Å²) in [5, 5.41) is 3.69. The van der Waals surface area contributed by atoms with Crippen LogP contribution in [0.3, 0.4) is 0 Å². The van der Waals surface area contributed by atoms with Gasteiger partial charge in [-0.15, -0.1) is 0 Å². The molecule has 0 radical (unpaired) electrons. The van der Waals surface area contributed by atoms with Gasteiger partial charge in [-0.1, -0.05) is 81.5 Å². The lowest BCUT2D eigenvalue weighted by Crippen LogP contribution is -2.40. The molecule has 2 aromatic carbocycles. The van der Waals surface area contributed by atoms with Gasteiger partial charge in [-0.3, -0.25) is 4.90 Å². The Hall–Kier alpha value is -1.90. The van der Waals surface area contributed by atoms with Crippen molar-refractivity contribution < 1.29 is 0 Å². The Morgan fingerprint density at radius 2 is 1.63 bits per heavy atom. The molecule has 0 aliphatic carbocycles. The molecule has 0 bridgehead atoms. The topological polar surface area (TPSA) is 15.3 Å². The van der Waals surface area contributed by atoms with Crippen LogP contribution in [0.15, 0.2) is 48.5 Å². The van der Waals surface area contributed by atoms with Crippen LogP contribution in [0.2, 0.25) is 0 Å². The summed E-state index contributed by atoms with van der Waals surface area (Å²) in [5.74, 6) is 0.767. The smallest absolute Gasteiger partial charge is 0.0205 e. The Balaban J connectivity index is 1.51. The maximum Gasteiger partial charge on any atom is 0.0205 e. The first-order chi connectivity index (χ1) is 14.1. The van der Waals surface area contributed by atoms with E-state index >= 15 is 0 Å². The van der Waals surface area contributed by atoms with Gasteiger partial charge in [0.25, 0.3) is 0 Å². The van der Waals surface area contributed by atoms with Crippen molar-refractivity contribution in [1.29, 1.82) is 0 Å². The molecule has 2 heteroatoms. The predicted octanol–water partition coefficient (Wildman–Crippen LogP) is 6.36. The van der Waals surface area contributed by atoms with Crippen molar-refractivity contribution in [2.24, 2.45) is 5.92 Å². The first kappa shape index (κ1) is 22.8. The summed E-state index contributed by atoms with van der Waals surface area (Å²) < 4.78 is 0. The molecular weight excluding hydrogens is 364 g/mol. The first-order valence-electron chi connectivity index (χ1n) is 11.4. The van der Waals surface area contributed by atoms with Gasteiger partial charge in [0.2, 0.25) is 0 Å². The fourth-order valence-corrected chi connectivity index (χ4v) is 4.12. The van der Waals surface area contributed by atoms with Crippen molar-refractivity contribution in [3.05, 3.63) is 70.8 Å². The lowest BCUT2D eigenvalue weighted by molar-refractivity contribution is 0.168. The zero-order chi connectivity index (χ0) is 21.8. The SMILES string of the molecule is CC(C)(C)c1ccc(/C=C\c2cccc(CNCC3CCN(C(C)(C)C)C3)c2)cc1. The van der Waals surface area contributed by atoms with Crippen LogP contribution >= 0.6 is 0 Å². The molecule has 162 valence electrons. The summed E-state index contributed by atoms with van der Waals surface area (Å²) in [6.07, 6.45) is 5.73. The minimum absolute atomic E-state index is 0.201. The van der Waals surface area contributed by atoms with Crippen molar-refractivity contribution >= 4 is 12.2 Å². The number of rotatable bonds is 6. The lowest BCUT2D eigenvalue weighted by atomic mass is 9.87. The Labute approximate surface area is 184 Å². The quantitative estimate of drug-likeness (QED) is 0.563. The van der Waals surface area contributed by atoms with E-state index in [1.165, 1.54) is 41.8 Å². The number of benzene rings is 2. The third kappa shape index (κ3) is 6.55. The molecule has 2 aromatic rings. The average molecular weight is 405 g/mol. The Bertz CT molecular complexity index is 834. The second-order valence-electron chi connectivity index (χ2n) is 10.9. The molecule has 1 aliphatic rings.